The first-order valence-corrected chi connectivity index (χ1v) is 5.92. The molecule has 1 rings (SSSR count). The lowest BCUT2D eigenvalue weighted by Crippen LogP contribution is -2.36. The molecule has 1 fully saturated rings. The maximum atomic E-state index is 5.57. The van der Waals surface area contributed by atoms with Crippen molar-refractivity contribution in [1.29, 1.82) is 0 Å². The van der Waals surface area contributed by atoms with Gasteiger partial charge in [0.05, 0.1) is 6.61 Å². The van der Waals surface area contributed by atoms with Crippen molar-refractivity contribution in [3.63, 3.8) is 0 Å². The van der Waals surface area contributed by atoms with E-state index in [0.29, 0.717) is 0 Å². The lowest BCUT2D eigenvalue weighted by atomic mass is 10.4. The Kier molecular flexibility index (Phi) is 4.07. The van der Waals surface area contributed by atoms with E-state index < -0.39 is 9.28 Å². The third kappa shape index (κ3) is 2.90. The molecule has 0 radical (unpaired) electrons. The Morgan fingerprint density at radius 2 is 2.36 bits per heavy atom. The summed E-state index contributed by atoms with van der Waals surface area (Å²) in [7, 11) is 0.365. The summed E-state index contributed by atoms with van der Waals surface area (Å²) in [5.74, 6) is 0. The molecule has 0 aromatic carbocycles. The van der Waals surface area contributed by atoms with Crippen molar-refractivity contribution >= 4 is 9.28 Å². The van der Waals surface area contributed by atoms with E-state index in [-0.39, 0.29) is 6.29 Å². The zero-order valence-electron chi connectivity index (χ0n) is 7.21. The largest absolute Gasteiger partial charge is 0.400 e. The Balaban J connectivity index is 2.08. The molecule has 1 aliphatic heterocycles. The van der Waals surface area contributed by atoms with Gasteiger partial charge in [-0.2, -0.15) is 0 Å². The van der Waals surface area contributed by atoms with Gasteiger partial charge in [0.1, 0.15) is 0 Å². The van der Waals surface area contributed by atoms with Crippen LogP contribution >= 0.6 is 0 Å². The molecule has 66 valence electrons. The lowest BCUT2D eigenvalue weighted by Gasteiger charge is -2.29. The molecule has 1 saturated heterocycles. The van der Waals surface area contributed by atoms with Crippen LogP contribution in [0.5, 0.6) is 0 Å². The van der Waals surface area contributed by atoms with Gasteiger partial charge in [-0.05, 0) is 6.04 Å². The highest BCUT2D eigenvalue weighted by atomic mass is 28.3. The van der Waals surface area contributed by atoms with Crippen LogP contribution < -0.4 is 0 Å². The van der Waals surface area contributed by atoms with Crippen LogP contribution in [0.1, 0.15) is 19.8 Å². The molecule has 11 heavy (non-hydrogen) atoms. The van der Waals surface area contributed by atoms with Crippen molar-refractivity contribution in [2.24, 2.45) is 0 Å². The van der Waals surface area contributed by atoms with Crippen molar-refractivity contribution in [1.82, 2.24) is 0 Å². The number of hydrogen-bond donors (Lipinski definition) is 0. The number of ether oxygens (including phenoxy) is 1. The molecule has 0 spiro atoms. The standard InChI is InChI=1S/C7H16O3Si/c1-3-6-11(8-2)10-7-4-5-9-7/h7,11H,3-6H2,1-2H3. The van der Waals surface area contributed by atoms with Crippen LogP contribution in [0.2, 0.25) is 6.04 Å². The van der Waals surface area contributed by atoms with E-state index in [9.17, 15) is 0 Å². The van der Waals surface area contributed by atoms with E-state index >= 15 is 0 Å². The molecule has 0 aromatic rings. The summed E-state index contributed by atoms with van der Waals surface area (Å²) in [5, 5.41) is 0. The van der Waals surface area contributed by atoms with Crippen LogP contribution in [0, 0.1) is 0 Å². The molecule has 1 heterocycles. The zero-order chi connectivity index (χ0) is 8.10. The SMILES string of the molecule is CCC[SiH](OC)OC1CCO1. The van der Waals surface area contributed by atoms with Gasteiger partial charge in [0.25, 0.3) is 0 Å². The fourth-order valence-corrected chi connectivity index (χ4v) is 2.48. The summed E-state index contributed by atoms with van der Waals surface area (Å²) in [6, 6.07) is 1.08. The summed E-state index contributed by atoms with van der Waals surface area (Å²) in [6.45, 7) is 2.99. The van der Waals surface area contributed by atoms with Crippen LogP contribution in [-0.2, 0) is 13.6 Å². The zero-order valence-corrected chi connectivity index (χ0v) is 8.36. The van der Waals surface area contributed by atoms with E-state index in [4.69, 9.17) is 13.6 Å². The van der Waals surface area contributed by atoms with Gasteiger partial charge in [-0.25, -0.2) is 0 Å². The number of hydrogen-bond acceptors (Lipinski definition) is 3. The van der Waals surface area contributed by atoms with Gasteiger partial charge in [-0.15, -0.1) is 0 Å². The molecule has 3 nitrogen and oxygen atoms in total. The molecule has 2 unspecified atom stereocenters. The molecule has 0 amide bonds. The first-order chi connectivity index (χ1) is 5.36. The first-order valence-electron chi connectivity index (χ1n) is 4.16. The Bertz CT molecular complexity index is 106. The normalized spacial score (nSPS) is 26.2. The lowest BCUT2D eigenvalue weighted by molar-refractivity contribution is -0.174. The van der Waals surface area contributed by atoms with E-state index in [1.54, 1.807) is 7.11 Å². The maximum absolute atomic E-state index is 5.57. The average Bonchev–Trinajstić information content (AvgIpc) is 1.94. The van der Waals surface area contributed by atoms with E-state index in [1.165, 1.54) is 0 Å². The Hall–Kier alpha value is 0.0969. The Morgan fingerprint density at radius 3 is 2.73 bits per heavy atom. The molecular formula is C7H16O3Si. The Morgan fingerprint density at radius 1 is 1.64 bits per heavy atom. The molecule has 0 bridgehead atoms. The highest BCUT2D eigenvalue weighted by Gasteiger charge is 2.23. The van der Waals surface area contributed by atoms with E-state index in [0.717, 1.165) is 25.5 Å². The summed E-state index contributed by atoms with van der Waals surface area (Å²) in [5.41, 5.74) is 0. The third-order valence-electron chi connectivity index (χ3n) is 1.75. The quantitative estimate of drug-likeness (QED) is 0.585. The fraction of sp³-hybridized carbons (Fsp3) is 1.00. The summed E-state index contributed by atoms with van der Waals surface area (Å²) in [4.78, 5) is 0. The minimum Gasteiger partial charge on any atom is -0.400 e. The molecule has 0 aliphatic carbocycles. The van der Waals surface area contributed by atoms with Gasteiger partial charge in [0.15, 0.2) is 6.29 Å². The second kappa shape index (κ2) is 4.87. The average molecular weight is 176 g/mol. The topological polar surface area (TPSA) is 27.7 Å². The maximum Gasteiger partial charge on any atom is 0.323 e. The minimum absolute atomic E-state index is 0.0539. The van der Waals surface area contributed by atoms with Crippen LogP contribution in [0.15, 0.2) is 0 Å². The van der Waals surface area contributed by atoms with Gasteiger partial charge >= 0.3 is 9.28 Å². The second-order valence-electron chi connectivity index (χ2n) is 2.68. The number of rotatable bonds is 5. The smallest absolute Gasteiger partial charge is 0.323 e. The molecule has 2 atom stereocenters. The molecule has 0 saturated carbocycles. The predicted octanol–water partition coefficient (Wildman–Crippen LogP) is 1.03. The molecular weight excluding hydrogens is 160 g/mol. The van der Waals surface area contributed by atoms with Gasteiger partial charge < -0.3 is 13.6 Å². The fourth-order valence-electron chi connectivity index (χ4n) is 0.968. The van der Waals surface area contributed by atoms with Gasteiger partial charge in [-0.1, -0.05) is 13.3 Å². The van der Waals surface area contributed by atoms with Gasteiger partial charge in [0, 0.05) is 13.5 Å². The van der Waals surface area contributed by atoms with Gasteiger partial charge in [-0.3, -0.25) is 0 Å². The highest BCUT2D eigenvalue weighted by Crippen LogP contribution is 2.15. The van der Waals surface area contributed by atoms with Crippen LogP contribution in [0.3, 0.4) is 0 Å². The molecule has 0 aromatic heterocycles. The van der Waals surface area contributed by atoms with Crippen molar-refractivity contribution in [3.8, 4) is 0 Å². The highest BCUT2D eigenvalue weighted by molar-refractivity contribution is 6.44. The third-order valence-corrected chi connectivity index (χ3v) is 3.93. The van der Waals surface area contributed by atoms with Crippen LogP contribution in [0.25, 0.3) is 0 Å². The summed E-state index contributed by atoms with van der Waals surface area (Å²) >= 11 is 0. The molecule has 1 aliphatic rings. The van der Waals surface area contributed by atoms with Gasteiger partial charge in [0.2, 0.25) is 0 Å². The van der Waals surface area contributed by atoms with E-state index in [2.05, 4.69) is 6.92 Å². The van der Waals surface area contributed by atoms with Crippen LogP contribution in [0.4, 0.5) is 0 Å². The Labute approximate surface area is 69.5 Å². The first kappa shape index (κ1) is 9.19. The molecule has 0 N–H and O–H groups in total. The van der Waals surface area contributed by atoms with Crippen molar-refractivity contribution < 1.29 is 13.6 Å². The molecule has 4 heteroatoms. The van der Waals surface area contributed by atoms with Crippen molar-refractivity contribution in [3.05, 3.63) is 0 Å². The van der Waals surface area contributed by atoms with E-state index in [1.807, 2.05) is 0 Å². The van der Waals surface area contributed by atoms with Crippen LogP contribution in [-0.4, -0.2) is 29.3 Å². The summed E-state index contributed by atoms with van der Waals surface area (Å²) < 4.78 is 15.9. The minimum atomic E-state index is -1.36. The second-order valence-corrected chi connectivity index (χ2v) is 4.86. The summed E-state index contributed by atoms with van der Waals surface area (Å²) in [6.07, 6.45) is 2.23. The van der Waals surface area contributed by atoms with Crippen molar-refractivity contribution in [2.75, 3.05) is 13.7 Å². The monoisotopic (exact) mass is 176 g/mol. The van der Waals surface area contributed by atoms with Crippen molar-refractivity contribution in [2.45, 2.75) is 32.1 Å². The predicted molar refractivity (Wildman–Crippen MR) is 44.7 cm³/mol.